The van der Waals surface area contributed by atoms with E-state index in [-0.39, 0.29) is 0 Å². The van der Waals surface area contributed by atoms with E-state index >= 15 is 0 Å². The topological polar surface area (TPSA) is 9.23 Å². The smallest absolute Gasteiger partial charge is 0.0607 e. The van der Waals surface area contributed by atoms with E-state index in [9.17, 15) is 0 Å². The van der Waals surface area contributed by atoms with Crippen molar-refractivity contribution in [3.05, 3.63) is 0 Å². The molecular weight excluding hydrogens is 112 g/mol. The molecule has 1 saturated heterocycles. The lowest BCUT2D eigenvalue weighted by atomic mass is 10.1. The lowest BCUT2D eigenvalue weighted by Crippen LogP contribution is -2.02. The Balaban J connectivity index is 1.81. The molecule has 2 rings (SSSR count). The predicted molar refractivity (Wildman–Crippen MR) is 36.3 cm³/mol. The van der Waals surface area contributed by atoms with E-state index < -0.39 is 0 Å². The Bertz CT molecular complexity index is 88.7. The first-order chi connectivity index (χ1) is 4.47. The summed E-state index contributed by atoms with van der Waals surface area (Å²) in [6, 6.07) is 0. The average molecular weight is 126 g/mol. The van der Waals surface area contributed by atoms with Crippen LogP contribution in [-0.2, 0) is 4.74 Å². The summed E-state index contributed by atoms with van der Waals surface area (Å²) in [6.45, 7) is 1.03. The van der Waals surface area contributed by atoms with Crippen molar-refractivity contribution in [3.63, 3.8) is 0 Å². The second-order valence-electron chi connectivity index (χ2n) is 3.25. The third-order valence-electron chi connectivity index (χ3n) is 2.41. The summed E-state index contributed by atoms with van der Waals surface area (Å²) in [5.74, 6) is 0.963. The largest absolute Gasteiger partial charge is 0.378 e. The quantitative estimate of drug-likeness (QED) is 0.482. The van der Waals surface area contributed by atoms with Crippen LogP contribution >= 0.6 is 0 Å². The summed E-state index contributed by atoms with van der Waals surface area (Å²) >= 11 is 0. The molecule has 2 unspecified atom stereocenters. The molecule has 0 aromatic heterocycles. The molecular formula is C8H14O. The van der Waals surface area contributed by atoms with E-state index in [1.807, 2.05) is 0 Å². The van der Waals surface area contributed by atoms with Crippen LogP contribution in [0.25, 0.3) is 0 Å². The first-order valence-corrected chi connectivity index (χ1v) is 4.08. The minimum absolute atomic E-state index is 0.685. The van der Waals surface area contributed by atoms with Crippen molar-refractivity contribution >= 4 is 0 Å². The number of hydrogen-bond donors (Lipinski definition) is 0. The van der Waals surface area contributed by atoms with Crippen LogP contribution in [0.15, 0.2) is 0 Å². The van der Waals surface area contributed by atoms with Crippen molar-refractivity contribution < 1.29 is 4.74 Å². The molecule has 2 aliphatic rings. The van der Waals surface area contributed by atoms with Gasteiger partial charge >= 0.3 is 0 Å². The molecule has 1 aliphatic carbocycles. The maximum absolute atomic E-state index is 5.56. The summed E-state index contributed by atoms with van der Waals surface area (Å²) in [5, 5.41) is 0. The predicted octanol–water partition coefficient (Wildman–Crippen LogP) is 1.97. The fraction of sp³-hybridized carbons (Fsp3) is 1.00. The van der Waals surface area contributed by atoms with Crippen LogP contribution in [0.3, 0.4) is 0 Å². The van der Waals surface area contributed by atoms with Crippen molar-refractivity contribution in [1.29, 1.82) is 0 Å². The van der Waals surface area contributed by atoms with Crippen LogP contribution in [0.1, 0.15) is 32.1 Å². The highest BCUT2D eigenvalue weighted by molar-refractivity contribution is 4.88. The first-order valence-electron chi connectivity index (χ1n) is 4.08. The number of ether oxygens (including phenoxy) is 1. The second kappa shape index (κ2) is 2.30. The fourth-order valence-corrected chi connectivity index (χ4v) is 1.65. The highest BCUT2D eigenvalue weighted by Gasteiger charge is 2.37. The van der Waals surface area contributed by atoms with E-state index in [2.05, 4.69) is 0 Å². The molecule has 0 aromatic carbocycles. The molecule has 1 saturated carbocycles. The summed E-state index contributed by atoms with van der Waals surface area (Å²) in [4.78, 5) is 0. The SMILES string of the molecule is C1CCOC2CC2CC1. The third kappa shape index (κ3) is 1.26. The molecule has 2 fully saturated rings. The lowest BCUT2D eigenvalue weighted by Gasteiger charge is -2.07. The lowest BCUT2D eigenvalue weighted by molar-refractivity contribution is 0.0965. The van der Waals surface area contributed by atoms with Gasteiger partial charge in [0, 0.05) is 6.61 Å². The van der Waals surface area contributed by atoms with Gasteiger partial charge < -0.3 is 4.74 Å². The van der Waals surface area contributed by atoms with Crippen LogP contribution in [-0.4, -0.2) is 12.7 Å². The van der Waals surface area contributed by atoms with Gasteiger partial charge in [-0.2, -0.15) is 0 Å². The first kappa shape index (κ1) is 5.72. The molecule has 0 bridgehead atoms. The Morgan fingerprint density at radius 2 is 2.11 bits per heavy atom. The Kier molecular flexibility index (Phi) is 1.46. The summed E-state index contributed by atoms with van der Waals surface area (Å²) in [6.07, 6.45) is 7.62. The van der Waals surface area contributed by atoms with E-state index in [1.165, 1.54) is 32.1 Å². The number of fused-ring (bicyclic) bond motifs is 1. The van der Waals surface area contributed by atoms with Gasteiger partial charge in [-0.15, -0.1) is 0 Å². The van der Waals surface area contributed by atoms with Gasteiger partial charge in [-0.1, -0.05) is 12.8 Å². The zero-order valence-corrected chi connectivity index (χ0v) is 5.81. The molecule has 1 heterocycles. The fourth-order valence-electron chi connectivity index (χ4n) is 1.65. The van der Waals surface area contributed by atoms with Crippen molar-refractivity contribution in [3.8, 4) is 0 Å². The Morgan fingerprint density at radius 3 is 3.11 bits per heavy atom. The zero-order chi connectivity index (χ0) is 6.10. The van der Waals surface area contributed by atoms with Crippen molar-refractivity contribution in [2.45, 2.75) is 38.2 Å². The Morgan fingerprint density at radius 1 is 1.11 bits per heavy atom. The van der Waals surface area contributed by atoms with E-state index in [0.717, 1.165) is 12.5 Å². The zero-order valence-electron chi connectivity index (χ0n) is 5.81. The van der Waals surface area contributed by atoms with Gasteiger partial charge in [-0.25, -0.2) is 0 Å². The minimum atomic E-state index is 0.685. The molecule has 0 N–H and O–H groups in total. The summed E-state index contributed by atoms with van der Waals surface area (Å²) in [5.41, 5.74) is 0. The van der Waals surface area contributed by atoms with E-state index in [0.29, 0.717) is 6.10 Å². The van der Waals surface area contributed by atoms with Crippen LogP contribution < -0.4 is 0 Å². The van der Waals surface area contributed by atoms with Crippen LogP contribution in [0.2, 0.25) is 0 Å². The monoisotopic (exact) mass is 126 g/mol. The average Bonchev–Trinajstić information content (AvgIpc) is 2.46. The van der Waals surface area contributed by atoms with Crippen LogP contribution in [0.5, 0.6) is 0 Å². The minimum Gasteiger partial charge on any atom is -0.378 e. The van der Waals surface area contributed by atoms with Gasteiger partial charge in [0.05, 0.1) is 6.10 Å². The van der Waals surface area contributed by atoms with E-state index in [4.69, 9.17) is 4.74 Å². The number of hydrogen-bond acceptors (Lipinski definition) is 1. The van der Waals surface area contributed by atoms with Crippen molar-refractivity contribution in [2.24, 2.45) is 5.92 Å². The van der Waals surface area contributed by atoms with Gasteiger partial charge in [0.25, 0.3) is 0 Å². The van der Waals surface area contributed by atoms with Gasteiger partial charge in [-0.3, -0.25) is 0 Å². The molecule has 0 amide bonds. The molecule has 0 spiro atoms. The van der Waals surface area contributed by atoms with Gasteiger partial charge in [0.15, 0.2) is 0 Å². The maximum Gasteiger partial charge on any atom is 0.0607 e. The molecule has 52 valence electrons. The molecule has 1 nitrogen and oxygen atoms in total. The van der Waals surface area contributed by atoms with Gasteiger partial charge in [0.2, 0.25) is 0 Å². The summed E-state index contributed by atoms with van der Waals surface area (Å²) in [7, 11) is 0. The molecule has 1 aliphatic heterocycles. The third-order valence-corrected chi connectivity index (χ3v) is 2.41. The Labute approximate surface area is 56.4 Å². The summed E-state index contributed by atoms with van der Waals surface area (Å²) < 4.78 is 5.56. The molecule has 9 heavy (non-hydrogen) atoms. The Hall–Kier alpha value is -0.0400. The normalized spacial score (nSPS) is 42.7. The van der Waals surface area contributed by atoms with Crippen LogP contribution in [0.4, 0.5) is 0 Å². The van der Waals surface area contributed by atoms with Crippen molar-refractivity contribution in [2.75, 3.05) is 6.61 Å². The number of rotatable bonds is 0. The maximum atomic E-state index is 5.56. The van der Waals surface area contributed by atoms with Gasteiger partial charge in [-0.05, 0) is 25.2 Å². The molecule has 1 heteroatoms. The van der Waals surface area contributed by atoms with E-state index in [1.54, 1.807) is 0 Å². The second-order valence-corrected chi connectivity index (χ2v) is 3.25. The molecule has 0 radical (unpaired) electrons. The molecule has 0 aromatic rings. The standard InChI is InChI=1S/C8H14O/c1-2-4-7-6-8(7)9-5-3-1/h7-8H,1-6H2. The van der Waals surface area contributed by atoms with Gasteiger partial charge in [0.1, 0.15) is 0 Å². The molecule has 2 atom stereocenters. The van der Waals surface area contributed by atoms with Crippen LogP contribution in [0, 0.1) is 5.92 Å². The highest BCUT2D eigenvalue weighted by atomic mass is 16.5. The highest BCUT2D eigenvalue weighted by Crippen LogP contribution is 2.39. The van der Waals surface area contributed by atoms with Crippen molar-refractivity contribution in [1.82, 2.24) is 0 Å².